The van der Waals surface area contributed by atoms with E-state index < -0.39 is 6.10 Å². The molecule has 1 unspecified atom stereocenters. The lowest BCUT2D eigenvalue weighted by Gasteiger charge is -2.18. The Morgan fingerprint density at radius 2 is 0.482 bits per heavy atom. The number of rotatable bonds is 62. The maximum atomic E-state index is 12.9. The number of ether oxygens (including phenoxy) is 3. The number of allylic oxidation sites excluding steroid dienone is 22. The molecule has 0 fully saturated rings. The van der Waals surface area contributed by atoms with Crippen LogP contribution in [0.5, 0.6) is 0 Å². The second-order valence-corrected chi connectivity index (χ2v) is 22.7. The molecule has 0 saturated heterocycles. The third kappa shape index (κ3) is 68.2. The standard InChI is InChI=1S/C77H128O6/c1-4-7-10-13-16-19-21-23-25-27-29-31-33-35-37-38-40-41-43-45-47-49-51-53-55-58-61-64-67-70-76(79)82-73-74(72-81-75(78)69-66-63-60-57-18-15-12-9-6-3)83-77(80)71-68-65-62-59-56-54-52-50-48-46-44-42-39-36-34-32-30-28-26-24-22-20-17-14-11-8-5-2/h7,10,16,19,22-25,28-31,35,37,40-41,45,47,51,53,58,61,74H,4-6,8-9,11-15,17-18,20-21,26-27,32-34,36,38-39,42-44,46,48-50,52,54-57,59-60,62-73H2,1-3H3/b10-7-,19-16-,24-22-,25-23-,30-28-,31-29-,37-35-,41-40-,47-45-,53-51-,61-58-. The van der Waals surface area contributed by atoms with Crippen LogP contribution in [0.2, 0.25) is 0 Å². The molecule has 0 aliphatic carbocycles. The van der Waals surface area contributed by atoms with Gasteiger partial charge < -0.3 is 14.2 Å². The Bertz CT molecular complexity index is 1750. The van der Waals surface area contributed by atoms with E-state index in [1.807, 2.05) is 0 Å². The van der Waals surface area contributed by atoms with Crippen molar-refractivity contribution in [2.24, 2.45) is 0 Å². The summed E-state index contributed by atoms with van der Waals surface area (Å²) < 4.78 is 16.9. The highest BCUT2D eigenvalue weighted by molar-refractivity contribution is 5.71. The van der Waals surface area contributed by atoms with Crippen molar-refractivity contribution in [3.8, 4) is 0 Å². The van der Waals surface area contributed by atoms with Crippen LogP contribution in [-0.2, 0) is 28.6 Å². The Morgan fingerprint density at radius 1 is 0.253 bits per heavy atom. The molecule has 0 aliphatic heterocycles. The van der Waals surface area contributed by atoms with Crippen molar-refractivity contribution in [3.63, 3.8) is 0 Å². The summed E-state index contributed by atoms with van der Waals surface area (Å²) in [6.07, 6.45) is 99.2. The van der Waals surface area contributed by atoms with Crippen LogP contribution in [-0.4, -0.2) is 37.2 Å². The van der Waals surface area contributed by atoms with E-state index in [0.717, 1.165) is 109 Å². The monoisotopic (exact) mass is 1150 g/mol. The summed E-state index contributed by atoms with van der Waals surface area (Å²) in [6, 6.07) is 0. The molecule has 6 nitrogen and oxygen atoms in total. The SMILES string of the molecule is CC/C=C\C/C=C\C/C=C\C/C=C\C/C=C\C/C=C\C/C=C\C/C=C\C/C=C\CCCC(=O)OCC(COC(=O)CCCCCCCCCCC)OC(=O)CCCCCCCCCCCCCCCCC/C=C\C/C=C\CCCCCCC. The fraction of sp³-hybridized carbons (Fsp3) is 0.675. The number of carbonyl (C=O) groups excluding carboxylic acids is 3. The first kappa shape index (κ1) is 78.5. The van der Waals surface area contributed by atoms with Gasteiger partial charge in [-0.1, -0.05) is 315 Å². The van der Waals surface area contributed by atoms with Gasteiger partial charge in [0.25, 0.3) is 0 Å². The molecule has 0 aliphatic rings. The Labute approximate surface area is 513 Å². The predicted molar refractivity (Wildman–Crippen MR) is 362 cm³/mol. The van der Waals surface area contributed by atoms with Crippen molar-refractivity contribution in [2.45, 2.75) is 322 Å². The van der Waals surface area contributed by atoms with Crippen molar-refractivity contribution < 1.29 is 28.6 Å². The van der Waals surface area contributed by atoms with Gasteiger partial charge in [-0.15, -0.1) is 0 Å². The van der Waals surface area contributed by atoms with Gasteiger partial charge in [0.2, 0.25) is 0 Å². The highest BCUT2D eigenvalue weighted by Gasteiger charge is 2.19. The van der Waals surface area contributed by atoms with Crippen molar-refractivity contribution in [2.75, 3.05) is 13.2 Å². The highest BCUT2D eigenvalue weighted by atomic mass is 16.6. The molecule has 0 spiro atoms. The minimum absolute atomic E-state index is 0.0964. The van der Waals surface area contributed by atoms with Gasteiger partial charge in [0, 0.05) is 19.3 Å². The van der Waals surface area contributed by atoms with Crippen LogP contribution >= 0.6 is 0 Å². The maximum absolute atomic E-state index is 12.9. The lowest BCUT2D eigenvalue weighted by Crippen LogP contribution is -2.30. The van der Waals surface area contributed by atoms with Crippen LogP contribution in [0.4, 0.5) is 0 Å². The smallest absolute Gasteiger partial charge is 0.306 e. The molecule has 0 aromatic heterocycles. The zero-order valence-corrected chi connectivity index (χ0v) is 54.2. The summed E-state index contributed by atoms with van der Waals surface area (Å²) in [5.74, 6) is -0.956. The zero-order valence-electron chi connectivity index (χ0n) is 54.2. The molecule has 0 heterocycles. The Hall–Kier alpha value is -4.45. The first-order valence-electron chi connectivity index (χ1n) is 34.7. The molecular formula is C77H128O6. The van der Waals surface area contributed by atoms with Crippen molar-refractivity contribution >= 4 is 17.9 Å². The van der Waals surface area contributed by atoms with Gasteiger partial charge in [0.1, 0.15) is 13.2 Å². The molecule has 472 valence electrons. The largest absolute Gasteiger partial charge is 0.462 e. The number of esters is 3. The lowest BCUT2D eigenvalue weighted by atomic mass is 10.0. The molecule has 83 heavy (non-hydrogen) atoms. The van der Waals surface area contributed by atoms with Gasteiger partial charge in [0.15, 0.2) is 6.10 Å². The van der Waals surface area contributed by atoms with Crippen LogP contribution in [0.25, 0.3) is 0 Å². The number of hydrogen-bond donors (Lipinski definition) is 0. The summed E-state index contributed by atoms with van der Waals surface area (Å²) in [5.41, 5.74) is 0. The van der Waals surface area contributed by atoms with Gasteiger partial charge in [-0.2, -0.15) is 0 Å². The number of hydrogen-bond acceptors (Lipinski definition) is 6. The highest BCUT2D eigenvalue weighted by Crippen LogP contribution is 2.16. The van der Waals surface area contributed by atoms with Gasteiger partial charge in [0.05, 0.1) is 0 Å². The second kappa shape index (κ2) is 70.0. The van der Waals surface area contributed by atoms with E-state index in [1.165, 1.54) is 161 Å². The Kier molecular flexibility index (Phi) is 66.3. The maximum Gasteiger partial charge on any atom is 0.306 e. The first-order chi connectivity index (χ1) is 41.0. The van der Waals surface area contributed by atoms with Gasteiger partial charge in [-0.3, -0.25) is 14.4 Å². The molecule has 6 heteroatoms. The number of unbranched alkanes of at least 4 members (excludes halogenated alkanes) is 29. The van der Waals surface area contributed by atoms with E-state index in [-0.39, 0.29) is 37.5 Å². The van der Waals surface area contributed by atoms with Crippen LogP contribution < -0.4 is 0 Å². The summed E-state index contributed by atoms with van der Waals surface area (Å²) >= 11 is 0. The molecule has 0 rings (SSSR count). The third-order valence-corrected chi connectivity index (χ3v) is 14.6. The molecule has 1 atom stereocenters. The third-order valence-electron chi connectivity index (χ3n) is 14.6. The fourth-order valence-corrected chi connectivity index (χ4v) is 9.48. The lowest BCUT2D eigenvalue weighted by molar-refractivity contribution is -0.167. The van der Waals surface area contributed by atoms with E-state index in [0.29, 0.717) is 19.3 Å². The average Bonchev–Trinajstić information content (AvgIpc) is 3.49. The molecule has 0 N–H and O–H groups in total. The second-order valence-electron chi connectivity index (χ2n) is 22.7. The Morgan fingerprint density at radius 3 is 0.783 bits per heavy atom. The van der Waals surface area contributed by atoms with Gasteiger partial charge >= 0.3 is 17.9 Å². The summed E-state index contributed by atoms with van der Waals surface area (Å²) in [7, 11) is 0. The van der Waals surface area contributed by atoms with Crippen molar-refractivity contribution in [1.82, 2.24) is 0 Å². The van der Waals surface area contributed by atoms with Crippen LogP contribution in [0.3, 0.4) is 0 Å². The normalized spacial score (nSPS) is 13.0. The van der Waals surface area contributed by atoms with E-state index in [2.05, 4.69) is 154 Å². The van der Waals surface area contributed by atoms with Crippen molar-refractivity contribution in [3.05, 3.63) is 134 Å². The minimum Gasteiger partial charge on any atom is -0.462 e. The summed E-state index contributed by atoms with van der Waals surface area (Å²) in [4.78, 5) is 38.3. The quantitative estimate of drug-likeness (QED) is 0.0261. The van der Waals surface area contributed by atoms with Crippen LogP contribution in [0, 0.1) is 0 Å². The molecule has 0 saturated carbocycles. The fourth-order valence-electron chi connectivity index (χ4n) is 9.48. The average molecular weight is 1150 g/mol. The van der Waals surface area contributed by atoms with Gasteiger partial charge in [-0.05, 0) is 116 Å². The van der Waals surface area contributed by atoms with E-state index in [1.54, 1.807) is 0 Å². The molecule has 0 bridgehead atoms. The number of carbonyl (C=O) groups is 3. The molecule has 0 amide bonds. The minimum atomic E-state index is -0.804. The van der Waals surface area contributed by atoms with Crippen molar-refractivity contribution in [1.29, 1.82) is 0 Å². The molecular weight excluding hydrogens is 1020 g/mol. The topological polar surface area (TPSA) is 78.9 Å². The summed E-state index contributed by atoms with van der Waals surface area (Å²) in [6.45, 7) is 6.47. The van der Waals surface area contributed by atoms with Gasteiger partial charge in [-0.25, -0.2) is 0 Å². The first-order valence-corrected chi connectivity index (χ1v) is 34.7. The predicted octanol–water partition coefficient (Wildman–Crippen LogP) is 24.1. The molecule has 0 radical (unpaired) electrons. The van der Waals surface area contributed by atoms with E-state index in [4.69, 9.17) is 14.2 Å². The molecule has 0 aromatic carbocycles. The van der Waals surface area contributed by atoms with Crippen LogP contribution in [0.15, 0.2) is 134 Å². The molecule has 0 aromatic rings. The summed E-state index contributed by atoms with van der Waals surface area (Å²) in [5, 5.41) is 0. The van der Waals surface area contributed by atoms with Crippen LogP contribution in [0.1, 0.15) is 316 Å². The van der Waals surface area contributed by atoms with E-state index >= 15 is 0 Å². The Balaban J connectivity index is 4.29. The van der Waals surface area contributed by atoms with E-state index in [9.17, 15) is 14.4 Å². The zero-order chi connectivity index (χ0) is 59.9.